The highest BCUT2D eigenvalue weighted by molar-refractivity contribution is 8.02. The number of benzene rings is 1. The lowest BCUT2D eigenvalue weighted by Crippen LogP contribution is -1.87. The van der Waals surface area contributed by atoms with E-state index in [0.29, 0.717) is 5.92 Å². The second kappa shape index (κ2) is 8.05. The van der Waals surface area contributed by atoms with Crippen LogP contribution < -0.4 is 0 Å². The molecule has 108 valence electrons. The van der Waals surface area contributed by atoms with E-state index in [-0.39, 0.29) is 0 Å². The van der Waals surface area contributed by atoms with Gasteiger partial charge in [-0.05, 0) is 23.5 Å². The lowest BCUT2D eigenvalue weighted by molar-refractivity contribution is 0.866. The van der Waals surface area contributed by atoms with Crippen molar-refractivity contribution in [2.45, 2.75) is 47.5 Å². The van der Waals surface area contributed by atoms with Gasteiger partial charge in [0.05, 0.1) is 0 Å². The monoisotopic (exact) mass is 324 g/mol. The van der Waals surface area contributed by atoms with Crippen LogP contribution >= 0.6 is 34.9 Å². The maximum atomic E-state index is 4.24. The second-order valence-corrected chi connectivity index (χ2v) is 8.41. The molecule has 20 heavy (non-hydrogen) atoms. The first-order valence-electron chi connectivity index (χ1n) is 6.87. The van der Waals surface area contributed by atoms with E-state index in [0.717, 1.165) is 20.2 Å². The fraction of sp³-hybridized carbons (Fsp3) is 0.467. The molecule has 0 aliphatic rings. The Bertz CT molecular complexity index is 520. The van der Waals surface area contributed by atoms with Crippen molar-refractivity contribution in [1.82, 2.24) is 10.2 Å². The van der Waals surface area contributed by atoms with Gasteiger partial charge in [0.2, 0.25) is 0 Å². The summed E-state index contributed by atoms with van der Waals surface area (Å²) in [6, 6.07) is 8.89. The van der Waals surface area contributed by atoms with E-state index in [2.05, 4.69) is 55.2 Å². The van der Waals surface area contributed by atoms with Crippen molar-refractivity contribution in [2.24, 2.45) is 0 Å². The van der Waals surface area contributed by atoms with Crippen LogP contribution in [0.15, 0.2) is 32.9 Å². The largest absolute Gasteiger partial charge is 0.175 e. The number of rotatable bonds is 7. The van der Waals surface area contributed by atoms with Crippen molar-refractivity contribution in [3.8, 4) is 0 Å². The summed E-state index contributed by atoms with van der Waals surface area (Å²) < 4.78 is 2.15. The smallest absolute Gasteiger partial charge is 0.131 e. The van der Waals surface area contributed by atoms with Crippen molar-refractivity contribution in [3.63, 3.8) is 0 Å². The first kappa shape index (κ1) is 15.9. The van der Waals surface area contributed by atoms with Gasteiger partial charge in [-0.3, -0.25) is 0 Å². The summed E-state index contributed by atoms with van der Waals surface area (Å²) in [7, 11) is 0. The first-order valence-corrected chi connectivity index (χ1v) is 9.65. The molecular formula is C15H20N2S3. The van der Waals surface area contributed by atoms with Gasteiger partial charge in [-0.1, -0.05) is 79.9 Å². The highest BCUT2D eigenvalue weighted by atomic mass is 32.2. The van der Waals surface area contributed by atoms with Gasteiger partial charge in [0.15, 0.2) is 8.68 Å². The minimum atomic E-state index is 0.595. The van der Waals surface area contributed by atoms with Gasteiger partial charge in [0, 0.05) is 11.5 Å². The summed E-state index contributed by atoms with van der Waals surface area (Å²) in [4.78, 5) is 0. The molecule has 0 aliphatic heterocycles. The van der Waals surface area contributed by atoms with Gasteiger partial charge in [-0.2, -0.15) is 0 Å². The van der Waals surface area contributed by atoms with Crippen LogP contribution in [0.25, 0.3) is 0 Å². The molecular weight excluding hydrogens is 304 g/mol. The minimum Gasteiger partial charge on any atom is -0.131 e. The highest BCUT2D eigenvalue weighted by Crippen LogP contribution is 2.31. The van der Waals surface area contributed by atoms with Crippen LogP contribution in [0, 0.1) is 0 Å². The molecule has 2 aromatic rings. The Morgan fingerprint density at radius 3 is 2.30 bits per heavy atom. The molecule has 0 saturated carbocycles. The van der Waals surface area contributed by atoms with Gasteiger partial charge < -0.3 is 0 Å². The number of thioether (sulfide) groups is 2. The Morgan fingerprint density at radius 2 is 1.70 bits per heavy atom. The van der Waals surface area contributed by atoms with Crippen LogP contribution in [0.4, 0.5) is 0 Å². The third kappa shape index (κ3) is 4.79. The van der Waals surface area contributed by atoms with E-state index in [4.69, 9.17) is 0 Å². The van der Waals surface area contributed by atoms with Crippen LogP contribution in [-0.2, 0) is 5.75 Å². The topological polar surface area (TPSA) is 25.8 Å². The van der Waals surface area contributed by atoms with Crippen molar-refractivity contribution in [1.29, 1.82) is 0 Å². The van der Waals surface area contributed by atoms with Crippen LogP contribution in [0.2, 0.25) is 0 Å². The predicted octanol–water partition coefficient (Wildman–Crippen LogP) is 5.46. The Hall–Kier alpha value is -0.520. The molecule has 1 aromatic heterocycles. The molecule has 2 rings (SSSR count). The van der Waals surface area contributed by atoms with Crippen molar-refractivity contribution < 1.29 is 0 Å². The van der Waals surface area contributed by atoms with E-state index < -0.39 is 0 Å². The number of hydrogen-bond acceptors (Lipinski definition) is 5. The maximum absolute atomic E-state index is 4.24. The summed E-state index contributed by atoms with van der Waals surface area (Å²) in [5.74, 6) is 2.68. The molecule has 0 fully saturated rings. The Labute approximate surface area is 133 Å². The third-order valence-corrected chi connectivity index (χ3v) is 6.29. The normalized spacial score (nSPS) is 11.2. The zero-order valence-corrected chi connectivity index (χ0v) is 14.6. The van der Waals surface area contributed by atoms with Gasteiger partial charge in [0.1, 0.15) is 0 Å². The summed E-state index contributed by atoms with van der Waals surface area (Å²) in [6.07, 6.45) is 1.18. The van der Waals surface area contributed by atoms with Gasteiger partial charge >= 0.3 is 0 Å². The zero-order valence-electron chi connectivity index (χ0n) is 12.1. The number of nitrogens with zero attached hydrogens (tertiary/aromatic N) is 2. The Balaban J connectivity index is 1.86. The fourth-order valence-corrected chi connectivity index (χ4v) is 4.55. The number of aromatic nitrogens is 2. The van der Waals surface area contributed by atoms with Crippen LogP contribution in [0.1, 0.15) is 44.2 Å². The van der Waals surface area contributed by atoms with Crippen molar-refractivity contribution >= 4 is 34.9 Å². The lowest BCUT2D eigenvalue weighted by atomic mass is 10.0. The van der Waals surface area contributed by atoms with Crippen molar-refractivity contribution in [3.05, 3.63) is 35.4 Å². The van der Waals surface area contributed by atoms with E-state index in [9.17, 15) is 0 Å². The van der Waals surface area contributed by atoms with E-state index in [1.807, 2.05) is 0 Å². The first-order chi connectivity index (χ1) is 9.69. The maximum Gasteiger partial charge on any atom is 0.175 e. The summed E-state index contributed by atoms with van der Waals surface area (Å²) in [5.41, 5.74) is 2.74. The molecule has 0 aliphatic carbocycles. The lowest BCUT2D eigenvalue weighted by Gasteiger charge is -2.05. The molecule has 5 heteroatoms. The van der Waals surface area contributed by atoms with Crippen LogP contribution in [-0.4, -0.2) is 16.0 Å². The van der Waals surface area contributed by atoms with Gasteiger partial charge in [0.25, 0.3) is 0 Å². The van der Waals surface area contributed by atoms with E-state index >= 15 is 0 Å². The molecule has 0 spiro atoms. The number of hydrogen-bond donors (Lipinski definition) is 0. The molecule has 0 N–H and O–H groups in total. The summed E-state index contributed by atoms with van der Waals surface area (Å²) in [5, 5.41) is 8.45. The third-order valence-electron chi connectivity index (χ3n) is 2.83. The molecule has 1 heterocycles. The van der Waals surface area contributed by atoms with Gasteiger partial charge in [-0.25, -0.2) is 0 Å². The molecule has 0 amide bonds. The summed E-state index contributed by atoms with van der Waals surface area (Å²) >= 11 is 5.28. The van der Waals surface area contributed by atoms with Crippen LogP contribution in [0.3, 0.4) is 0 Å². The molecule has 0 atom stereocenters. The Morgan fingerprint density at radius 1 is 1.05 bits per heavy atom. The second-order valence-electron chi connectivity index (χ2n) is 4.87. The van der Waals surface area contributed by atoms with Crippen LogP contribution in [0.5, 0.6) is 0 Å². The van der Waals surface area contributed by atoms with E-state index in [1.165, 1.54) is 17.5 Å². The SMILES string of the molecule is CCCSc1nnc(SCc2ccc(C(C)C)cc2)s1. The molecule has 0 bridgehead atoms. The molecule has 0 saturated heterocycles. The van der Waals surface area contributed by atoms with Gasteiger partial charge in [-0.15, -0.1) is 10.2 Å². The van der Waals surface area contributed by atoms with Crippen molar-refractivity contribution in [2.75, 3.05) is 5.75 Å². The standard InChI is InChI=1S/C15H20N2S3/c1-4-9-18-14-16-17-15(20-14)19-10-12-5-7-13(8-6-12)11(2)3/h5-8,11H,4,9-10H2,1-3H3. The molecule has 1 aromatic carbocycles. The molecule has 0 unspecified atom stereocenters. The summed E-state index contributed by atoms with van der Waals surface area (Å²) in [6.45, 7) is 6.63. The van der Waals surface area contributed by atoms with E-state index in [1.54, 1.807) is 34.9 Å². The molecule has 0 radical (unpaired) electrons. The highest BCUT2D eigenvalue weighted by Gasteiger charge is 2.06. The average molecular weight is 325 g/mol. The predicted molar refractivity (Wildman–Crippen MR) is 91.0 cm³/mol. The molecule has 2 nitrogen and oxygen atoms in total. The average Bonchev–Trinajstić information content (AvgIpc) is 2.91. The fourth-order valence-electron chi connectivity index (χ4n) is 1.65. The zero-order chi connectivity index (χ0) is 14.4. The Kier molecular flexibility index (Phi) is 6.39. The minimum absolute atomic E-state index is 0.595. The quantitative estimate of drug-likeness (QED) is 0.632.